The van der Waals surface area contributed by atoms with E-state index in [-0.39, 0.29) is 18.2 Å². The van der Waals surface area contributed by atoms with Gasteiger partial charge in [0, 0.05) is 19.9 Å². The highest BCUT2D eigenvalue weighted by atomic mass is 32.2. The van der Waals surface area contributed by atoms with Crippen LogP contribution in [-0.2, 0) is 21.3 Å². The molecule has 17 heavy (non-hydrogen) atoms. The molecule has 1 rings (SSSR count). The molecular formula is C9H17N3O4S. The standard InChI is InChI=1S/C9H17N3O4S/c1-3-12-4-9(10-7-12)17(14,15)11-8(5-13)6-16-2/h4,7-8,11,13H,3,5-6H2,1-2H3. The zero-order valence-corrected chi connectivity index (χ0v) is 10.6. The fourth-order valence-corrected chi connectivity index (χ4v) is 2.42. The number of hydrogen-bond acceptors (Lipinski definition) is 5. The van der Waals surface area contributed by atoms with E-state index in [4.69, 9.17) is 9.84 Å². The van der Waals surface area contributed by atoms with Crippen LogP contribution in [0, 0.1) is 0 Å². The molecule has 0 bridgehead atoms. The summed E-state index contributed by atoms with van der Waals surface area (Å²) in [6.07, 6.45) is 2.88. The molecule has 98 valence electrons. The van der Waals surface area contributed by atoms with Crippen LogP contribution in [0.1, 0.15) is 6.92 Å². The Morgan fingerprint density at radius 1 is 1.65 bits per heavy atom. The molecule has 0 spiro atoms. The third kappa shape index (κ3) is 3.77. The summed E-state index contributed by atoms with van der Waals surface area (Å²) in [4.78, 5) is 3.80. The zero-order valence-electron chi connectivity index (χ0n) is 9.83. The third-order valence-corrected chi connectivity index (χ3v) is 3.57. The quantitative estimate of drug-likeness (QED) is 0.671. The molecular weight excluding hydrogens is 246 g/mol. The SMILES string of the molecule is CCn1cnc(S(=O)(=O)NC(CO)COC)c1. The summed E-state index contributed by atoms with van der Waals surface area (Å²) < 4.78 is 32.5. The molecule has 8 heteroatoms. The number of aromatic nitrogens is 2. The van der Waals surface area contributed by atoms with Crippen LogP contribution in [0.25, 0.3) is 0 Å². The Morgan fingerprint density at radius 2 is 2.35 bits per heavy atom. The molecule has 1 heterocycles. The average molecular weight is 263 g/mol. The molecule has 1 unspecified atom stereocenters. The molecule has 0 radical (unpaired) electrons. The van der Waals surface area contributed by atoms with E-state index in [2.05, 4.69) is 9.71 Å². The van der Waals surface area contributed by atoms with E-state index in [0.717, 1.165) is 0 Å². The van der Waals surface area contributed by atoms with Gasteiger partial charge in [-0.3, -0.25) is 0 Å². The number of aryl methyl sites for hydroxylation is 1. The molecule has 2 N–H and O–H groups in total. The molecule has 0 amide bonds. The molecule has 0 aliphatic rings. The number of sulfonamides is 1. The molecule has 1 aromatic heterocycles. The minimum Gasteiger partial charge on any atom is -0.395 e. The first kappa shape index (κ1) is 14.1. The first-order chi connectivity index (χ1) is 8.03. The summed E-state index contributed by atoms with van der Waals surface area (Å²) in [5.41, 5.74) is 0. The van der Waals surface area contributed by atoms with E-state index in [1.165, 1.54) is 19.6 Å². The Bertz CT molecular complexity index is 443. The molecule has 7 nitrogen and oxygen atoms in total. The molecule has 0 aliphatic heterocycles. The number of aliphatic hydroxyl groups is 1. The molecule has 1 aromatic rings. The van der Waals surface area contributed by atoms with Crippen LogP contribution in [0.15, 0.2) is 17.6 Å². The molecule has 1 atom stereocenters. The van der Waals surface area contributed by atoms with Gasteiger partial charge >= 0.3 is 0 Å². The Kier molecular flexibility index (Phi) is 5.06. The van der Waals surface area contributed by atoms with Crippen molar-refractivity contribution in [1.29, 1.82) is 0 Å². The summed E-state index contributed by atoms with van der Waals surface area (Å²) >= 11 is 0. The topological polar surface area (TPSA) is 93.5 Å². The van der Waals surface area contributed by atoms with Crippen LogP contribution in [0.4, 0.5) is 0 Å². The Hall–Kier alpha value is -0.960. The predicted molar refractivity (Wildman–Crippen MR) is 61.0 cm³/mol. The largest absolute Gasteiger partial charge is 0.395 e. The monoisotopic (exact) mass is 263 g/mol. The molecule has 0 saturated carbocycles. The number of hydrogen-bond donors (Lipinski definition) is 2. The minimum atomic E-state index is -3.70. The van der Waals surface area contributed by atoms with Crippen molar-refractivity contribution >= 4 is 10.0 Å². The first-order valence-corrected chi connectivity index (χ1v) is 6.65. The van der Waals surface area contributed by atoms with Gasteiger partial charge in [0.2, 0.25) is 0 Å². The number of imidazole rings is 1. The van der Waals surface area contributed by atoms with Gasteiger partial charge in [0.05, 0.1) is 25.6 Å². The number of ether oxygens (including phenoxy) is 1. The highest BCUT2D eigenvalue weighted by Crippen LogP contribution is 2.06. The first-order valence-electron chi connectivity index (χ1n) is 5.17. The lowest BCUT2D eigenvalue weighted by atomic mass is 10.4. The Balaban J connectivity index is 2.80. The zero-order chi connectivity index (χ0) is 12.9. The number of methoxy groups -OCH3 is 1. The van der Waals surface area contributed by atoms with Gasteiger partial charge in [0.25, 0.3) is 10.0 Å². The van der Waals surface area contributed by atoms with Crippen LogP contribution >= 0.6 is 0 Å². The van der Waals surface area contributed by atoms with Gasteiger partial charge in [-0.25, -0.2) is 18.1 Å². The fourth-order valence-electron chi connectivity index (χ4n) is 1.26. The maximum absolute atomic E-state index is 11.9. The molecule has 0 aliphatic carbocycles. The van der Waals surface area contributed by atoms with Crippen molar-refractivity contribution < 1.29 is 18.3 Å². The lowest BCUT2D eigenvalue weighted by Crippen LogP contribution is -2.40. The summed E-state index contributed by atoms with van der Waals surface area (Å²) in [7, 11) is -2.27. The fraction of sp³-hybridized carbons (Fsp3) is 0.667. The predicted octanol–water partition coefficient (Wildman–Crippen LogP) is -0.811. The molecule has 0 fully saturated rings. The van der Waals surface area contributed by atoms with Crippen molar-refractivity contribution in [3.05, 3.63) is 12.5 Å². The van der Waals surface area contributed by atoms with Gasteiger partial charge in [-0.15, -0.1) is 0 Å². The second-order valence-corrected chi connectivity index (χ2v) is 5.16. The van der Waals surface area contributed by atoms with Gasteiger partial charge < -0.3 is 14.4 Å². The summed E-state index contributed by atoms with van der Waals surface area (Å²) in [5.74, 6) is 0. The van der Waals surface area contributed by atoms with Gasteiger partial charge in [-0.05, 0) is 6.92 Å². The van der Waals surface area contributed by atoms with Crippen LogP contribution in [0.3, 0.4) is 0 Å². The van der Waals surface area contributed by atoms with E-state index in [0.29, 0.717) is 6.54 Å². The lowest BCUT2D eigenvalue weighted by molar-refractivity contribution is 0.139. The summed E-state index contributed by atoms with van der Waals surface area (Å²) in [5, 5.41) is 8.92. The van der Waals surface area contributed by atoms with Crippen LogP contribution < -0.4 is 4.72 Å². The van der Waals surface area contributed by atoms with Crippen molar-refractivity contribution in [2.45, 2.75) is 24.5 Å². The van der Waals surface area contributed by atoms with Crippen LogP contribution in [0.2, 0.25) is 0 Å². The second kappa shape index (κ2) is 6.10. The highest BCUT2D eigenvalue weighted by Gasteiger charge is 2.21. The number of rotatable bonds is 7. The van der Waals surface area contributed by atoms with Crippen molar-refractivity contribution in [3.8, 4) is 0 Å². The van der Waals surface area contributed by atoms with Crippen LogP contribution in [0.5, 0.6) is 0 Å². The van der Waals surface area contributed by atoms with Crippen LogP contribution in [-0.4, -0.2) is 49.4 Å². The maximum atomic E-state index is 11.9. The van der Waals surface area contributed by atoms with Gasteiger partial charge in [0.1, 0.15) is 0 Å². The van der Waals surface area contributed by atoms with E-state index in [1.807, 2.05) is 6.92 Å². The Labute approximate surface area is 100 Å². The van der Waals surface area contributed by atoms with Crippen molar-refractivity contribution in [3.63, 3.8) is 0 Å². The van der Waals surface area contributed by atoms with Gasteiger partial charge in [0.15, 0.2) is 5.03 Å². The third-order valence-electron chi connectivity index (χ3n) is 2.16. The van der Waals surface area contributed by atoms with Crippen molar-refractivity contribution in [1.82, 2.24) is 14.3 Å². The number of nitrogens with one attached hydrogen (secondary N) is 1. The van der Waals surface area contributed by atoms with E-state index in [1.54, 1.807) is 4.57 Å². The maximum Gasteiger partial charge on any atom is 0.259 e. The minimum absolute atomic E-state index is 0.0612. The highest BCUT2D eigenvalue weighted by molar-refractivity contribution is 7.89. The number of nitrogens with zero attached hydrogens (tertiary/aromatic N) is 2. The second-order valence-electron chi connectivity index (χ2n) is 3.50. The van der Waals surface area contributed by atoms with E-state index in [9.17, 15) is 8.42 Å². The van der Waals surface area contributed by atoms with E-state index < -0.39 is 16.1 Å². The van der Waals surface area contributed by atoms with Crippen molar-refractivity contribution in [2.24, 2.45) is 0 Å². The van der Waals surface area contributed by atoms with Gasteiger partial charge in [-0.1, -0.05) is 0 Å². The smallest absolute Gasteiger partial charge is 0.259 e. The van der Waals surface area contributed by atoms with Gasteiger partial charge in [-0.2, -0.15) is 0 Å². The van der Waals surface area contributed by atoms with E-state index >= 15 is 0 Å². The molecule has 0 aromatic carbocycles. The average Bonchev–Trinajstić information content (AvgIpc) is 2.77. The van der Waals surface area contributed by atoms with Crippen molar-refractivity contribution in [2.75, 3.05) is 20.3 Å². The molecule has 0 saturated heterocycles. The number of aliphatic hydroxyl groups excluding tert-OH is 1. The Morgan fingerprint density at radius 3 is 2.82 bits per heavy atom. The summed E-state index contributed by atoms with van der Waals surface area (Å²) in [6, 6.07) is -0.670. The normalized spacial score (nSPS) is 13.8. The summed E-state index contributed by atoms with van der Waals surface area (Å²) in [6.45, 7) is 2.29. The lowest BCUT2D eigenvalue weighted by Gasteiger charge is -2.13.